The van der Waals surface area contributed by atoms with Gasteiger partial charge in [-0.15, -0.1) is 0 Å². The van der Waals surface area contributed by atoms with Crippen LogP contribution in [0.5, 0.6) is 0 Å². The first-order valence-corrected chi connectivity index (χ1v) is 7.03. The minimum Gasteiger partial charge on any atom is -0.337 e. The van der Waals surface area contributed by atoms with E-state index < -0.39 is 0 Å². The number of hydrogen-bond acceptors (Lipinski definition) is 3. The molecule has 1 amide bonds. The molecule has 2 aromatic rings. The Bertz CT molecular complexity index is 672. The van der Waals surface area contributed by atoms with E-state index in [0.29, 0.717) is 18.7 Å². The maximum Gasteiger partial charge on any atom is 0.253 e. The molecule has 22 heavy (non-hydrogen) atoms. The summed E-state index contributed by atoms with van der Waals surface area (Å²) < 4.78 is 1.96. The van der Waals surface area contributed by atoms with Crippen LogP contribution in [-0.4, -0.2) is 28.5 Å². The lowest BCUT2D eigenvalue weighted by Crippen LogP contribution is -2.32. The summed E-state index contributed by atoms with van der Waals surface area (Å²) in [6.07, 6.45) is 4.39. The molecule has 5 heteroatoms. The van der Waals surface area contributed by atoms with Gasteiger partial charge >= 0.3 is 0 Å². The molecule has 0 fully saturated rings. The molecule has 0 aliphatic heterocycles. The Balaban J connectivity index is 2.12. The molecule has 1 heterocycles. The molecule has 1 aromatic heterocycles. The van der Waals surface area contributed by atoms with Crippen LogP contribution in [0, 0.1) is 22.7 Å². The van der Waals surface area contributed by atoms with E-state index in [2.05, 4.69) is 0 Å². The summed E-state index contributed by atoms with van der Waals surface area (Å²) in [6, 6.07) is 15.2. The van der Waals surface area contributed by atoms with Crippen LogP contribution >= 0.6 is 0 Å². The molecular formula is C17H16N4O. The van der Waals surface area contributed by atoms with Crippen LogP contribution in [0.25, 0.3) is 5.69 Å². The molecule has 0 aliphatic carbocycles. The highest BCUT2D eigenvalue weighted by molar-refractivity contribution is 5.94. The monoisotopic (exact) mass is 292 g/mol. The second kappa shape index (κ2) is 7.66. The van der Waals surface area contributed by atoms with Crippen molar-refractivity contribution in [1.82, 2.24) is 9.47 Å². The van der Waals surface area contributed by atoms with Crippen LogP contribution in [0.15, 0.2) is 48.8 Å². The second-order valence-electron chi connectivity index (χ2n) is 4.75. The smallest absolute Gasteiger partial charge is 0.253 e. The summed E-state index contributed by atoms with van der Waals surface area (Å²) in [5.41, 5.74) is 1.54. The van der Waals surface area contributed by atoms with Crippen LogP contribution in [0.4, 0.5) is 0 Å². The van der Waals surface area contributed by atoms with E-state index >= 15 is 0 Å². The van der Waals surface area contributed by atoms with Crippen LogP contribution in [0.1, 0.15) is 23.2 Å². The van der Waals surface area contributed by atoms with Gasteiger partial charge in [0.2, 0.25) is 0 Å². The average Bonchev–Trinajstić information content (AvgIpc) is 3.09. The summed E-state index contributed by atoms with van der Waals surface area (Å²) >= 11 is 0. The molecule has 0 N–H and O–H groups in total. The Hall–Kier alpha value is -3.05. The van der Waals surface area contributed by atoms with Gasteiger partial charge < -0.3 is 9.47 Å². The molecule has 5 nitrogen and oxygen atoms in total. The summed E-state index contributed by atoms with van der Waals surface area (Å²) in [4.78, 5) is 14.0. The number of amides is 1. The molecule has 0 unspecified atom stereocenters. The summed E-state index contributed by atoms with van der Waals surface area (Å²) in [7, 11) is 0. The second-order valence-corrected chi connectivity index (χ2v) is 4.75. The molecule has 0 radical (unpaired) electrons. The highest BCUT2D eigenvalue weighted by atomic mass is 16.2. The fraction of sp³-hybridized carbons (Fsp3) is 0.235. The van der Waals surface area contributed by atoms with Crippen molar-refractivity contribution in [2.75, 3.05) is 13.1 Å². The first-order valence-electron chi connectivity index (χ1n) is 7.03. The number of benzene rings is 1. The number of hydrogen-bond donors (Lipinski definition) is 0. The Morgan fingerprint density at radius 2 is 1.55 bits per heavy atom. The Morgan fingerprint density at radius 3 is 2.05 bits per heavy atom. The lowest BCUT2D eigenvalue weighted by Gasteiger charge is -2.20. The van der Waals surface area contributed by atoms with Crippen molar-refractivity contribution in [2.45, 2.75) is 12.8 Å². The summed E-state index contributed by atoms with van der Waals surface area (Å²) in [6.45, 7) is 0.687. The minimum absolute atomic E-state index is 0.149. The number of nitrogens with zero attached hydrogens (tertiary/aromatic N) is 4. The van der Waals surface area contributed by atoms with Gasteiger partial charge in [-0.1, -0.05) is 0 Å². The van der Waals surface area contributed by atoms with E-state index in [9.17, 15) is 4.79 Å². The number of carbonyl (C=O) groups excluding carboxylic acids is 1. The van der Waals surface area contributed by atoms with Crippen LogP contribution in [-0.2, 0) is 0 Å². The van der Waals surface area contributed by atoms with Crippen molar-refractivity contribution in [1.29, 1.82) is 10.5 Å². The van der Waals surface area contributed by atoms with Gasteiger partial charge in [0, 0.05) is 36.7 Å². The maximum absolute atomic E-state index is 12.5. The van der Waals surface area contributed by atoms with Crippen molar-refractivity contribution in [3.8, 4) is 17.8 Å². The van der Waals surface area contributed by atoms with Crippen molar-refractivity contribution in [2.24, 2.45) is 0 Å². The fourth-order valence-electron chi connectivity index (χ4n) is 2.15. The van der Waals surface area contributed by atoms with Gasteiger partial charge in [-0.05, 0) is 36.4 Å². The number of rotatable bonds is 6. The van der Waals surface area contributed by atoms with Gasteiger partial charge in [-0.25, -0.2) is 0 Å². The first kappa shape index (κ1) is 15.3. The molecule has 0 aliphatic rings. The third-order valence-electron chi connectivity index (χ3n) is 3.29. The zero-order valence-corrected chi connectivity index (χ0v) is 12.1. The Morgan fingerprint density at radius 1 is 1.00 bits per heavy atom. The molecule has 2 rings (SSSR count). The van der Waals surface area contributed by atoms with Gasteiger partial charge in [0.1, 0.15) is 0 Å². The van der Waals surface area contributed by atoms with Crippen molar-refractivity contribution in [3.05, 3.63) is 54.4 Å². The first-order chi connectivity index (χ1) is 10.8. The quantitative estimate of drug-likeness (QED) is 0.821. The third-order valence-corrected chi connectivity index (χ3v) is 3.29. The molecular weight excluding hydrogens is 276 g/mol. The topological polar surface area (TPSA) is 72.8 Å². The zero-order chi connectivity index (χ0) is 15.8. The van der Waals surface area contributed by atoms with E-state index in [-0.39, 0.29) is 18.7 Å². The lowest BCUT2D eigenvalue weighted by atomic mass is 10.1. The van der Waals surface area contributed by atoms with Gasteiger partial charge in [-0.3, -0.25) is 4.79 Å². The van der Waals surface area contributed by atoms with E-state index in [0.717, 1.165) is 5.69 Å². The molecule has 1 aromatic carbocycles. The predicted octanol–water partition coefficient (Wildman–Crippen LogP) is 2.75. The largest absolute Gasteiger partial charge is 0.337 e. The average molecular weight is 292 g/mol. The Labute approximate surface area is 129 Å². The highest BCUT2D eigenvalue weighted by Crippen LogP contribution is 2.12. The standard InChI is InChI=1S/C17H16N4O/c18-9-3-13-21(14-4-10-19)17(22)15-5-7-16(8-6-15)20-11-1-2-12-20/h1-2,5-8,11-12H,3-4,13-14H2. The van der Waals surface area contributed by atoms with Crippen LogP contribution < -0.4 is 0 Å². The summed E-state index contributed by atoms with van der Waals surface area (Å²) in [5.74, 6) is -0.149. The molecule has 0 bridgehead atoms. The van der Waals surface area contributed by atoms with Crippen molar-refractivity contribution >= 4 is 5.91 Å². The van der Waals surface area contributed by atoms with Gasteiger partial charge in [0.05, 0.1) is 25.0 Å². The highest BCUT2D eigenvalue weighted by Gasteiger charge is 2.15. The molecule has 0 saturated carbocycles. The lowest BCUT2D eigenvalue weighted by molar-refractivity contribution is 0.0762. The SMILES string of the molecule is N#CCCN(CCC#N)C(=O)c1ccc(-n2cccc2)cc1. The molecule has 110 valence electrons. The normalized spacial score (nSPS) is 9.73. The number of carbonyl (C=O) groups is 1. The molecule has 0 atom stereocenters. The van der Waals surface area contributed by atoms with E-state index in [1.54, 1.807) is 17.0 Å². The van der Waals surface area contributed by atoms with E-state index in [4.69, 9.17) is 10.5 Å². The summed E-state index contributed by atoms with van der Waals surface area (Å²) in [5, 5.41) is 17.4. The minimum atomic E-state index is -0.149. The molecule has 0 spiro atoms. The van der Waals surface area contributed by atoms with E-state index in [1.165, 1.54) is 0 Å². The number of nitriles is 2. The van der Waals surface area contributed by atoms with Gasteiger partial charge in [0.15, 0.2) is 0 Å². The molecule has 0 saturated heterocycles. The Kier molecular flexibility index (Phi) is 5.34. The van der Waals surface area contributed by atoms with Crippen molar-refractivity contribution in [3.63, 3.8) is 0 Å². The zero-order valence-electron chi connectivity index (χ0n) is 12.1. The predicted molar refractivity (Wildman–Crippen MR) is 82.1 cm³/mol. The maximum atomic E-state index is 12.5. The van der Waals surface area contributed by atoms with Gasteiger partial charge in [-0.2, -0.15) is 10.5 Å². The van der Waals surface area contributed by atoms with E-state index in [1.807, 2.05) is 53.4 Å². The van der Waals surface area contributed by atoms with Crippen molar-refractivity contribution < 1.29 is 4.79 Å². The van der Waals surface area contributed by atoms with Crippen LogP contribution in [0.3, 0.4) is 0 Å². The number of aromatic nitrogens is 1. The van der Waals surface area contributed by atoms with Crippen LogP contribution in [0.2, 0.25) is 0 Å². The fourth-order valence-corrected chi connectivity index (χ4v) is 2.15. The third kappa shape index (κ3) is 3.74. The van der Waals surface area contributed by atoms with Gasteiger partial charge in [0.25, 0.3) is 5.91 Å².